The summed E-state index contributed by atoms with van der Waals surface area (Å²) in [6.45, 7) is 5.14. The minimum Gasteiger partial charge on any atom is -0.444 e. The molecule has 2 aromatic carbocycles. The number of alkyl halides is 2. The maximum atomic E-state index is 14.6. The summed E-state index contributed by atoms with van der Waals surface area (Å²) in [5.74, 6) is -5.89. The van der Waals surface area contributed by atoms with Crippen LogP contribution in [0.3, 0.4) is 0 Å². The van der Waals surface area contributed by atoms with Gasteiger partial charge in [0, 0.05) is 37.8 Å². The van der Waals surface area contributed by atoms with E-state index in [1.54, 1.807) is 69.3 Å². The highest BCUT2D eigenvalue weighted by Gasteiger charge is 2.52. The average molecular weight is 594 g/mol. The molecule has 1 saturated heterocycles. The van der Waals surface area contributed by atoms with Gasteiger partial charge in [0.25, 0.3) is 0 Å². The Hall–Kier alpha value is -2.65. The van der Waals surface area contributed by atoms with Crippen molar-refractivity contribution in [3.63, 3.8) is 0 Å². The lowest BCUT2D eigenvalue weighted by molar-refractivity contribution is -0.128. The summed E-state index contributed by atoms with van der Waals surface area (Å²) in [5.41, 5.74) is 0.778. The van der Waals surface area contributed by atoms with Crippen LogP contribution in [0.2, 0.25) is 0 Å². The first-order valence-electron chi connectivity index (χ1n) is 13.8. The summed E-state index contributed by atoms with van der Waals surface area (Å²) in [4.78, 5) is 27.3. The number of halogens is 2. The summed E-state index contributed by atoms with van der Waals surface area (Å²) in [6.07, 6.45) is -1.37. The van der Waals surface area contributed by atoms with E-state index in [0.717, 1.165) is 11.1 Å². The molecule has 2 fully saturated rings. The topological polar surface area (TPSA) is 91.4 Å². The van der Waals surface area contributed by atoms with Crippen LogP contribution < -0.4 is 0 Å². The third-order valence-electron chi connectivity index (χ3n) is 7.17. The number of likely N-dealkylation sites (tertiary alicyclic amines) is 1. The van der Waals surface area contributed by atoms with E-state index in [-0.39, 0.29) is 25.5 Å². The molecule has 0 spiro atoms. The first-order chi connectivity index (χ1) is 19.3. The molecule has 4 rings (SSSR count). The van der Waals surface area contributed by atoms with Gasteiger partial charge < -0.3 is 9.64 Å². The Morgan fingerprint density at radius 3 is 2.02 bits per heavy atom. The molecular weight excluding hydrogens is 555 g/mol. The van der Waals surface area contributed by atoms with E-state index in [0.29, 0.717) is 13.0 Å². The average Bonchev–Trinajstić information content (AvgIpc) is 3.54. The van der Waals surface area contributed by atoms with E-state index in [4.69, 9.17) is 18.3 Å². The smallest absolute Gasteiger partial charge is 0.444 e. The Balaban J connectivity index is 1.42. The second-order valence-corrected chi connectivity index (χ2v) is 13.4. The number of hydrogen-bond donors (Lipinski definition) is 0. The van der Waals surface area contributed by atoms with E-state index < -0.39 is 62.6 Å². The quantitative estimate of drug-likeness (QED) is 0.258. The molecule has 1 heterocycles. The summed E-state index contributed by atoms with van der Waals surface area (Å²) in [7, 11) is -4.20. The molecule has 41 heavy (non-hydrogen) atoms. The van der Waals surface area contributed by atoms with Crippen molar-refractivity contribution in [1.82, 2.24) is 4.90 Å². The third kappa shape index (κ3) is 9.17. The number of amides is 1. The van der Waals surface area contributed by atoms with Crippen molar-refractivity contribution in [3.8, 4) is 0 Å². The van der Waals surface area contributed by atoms with E-state index in [1.807, 2.05) is 12.1 Å². The minimum atomic E-state index is -4.20. The molecule has 0 N–H and O–H groups in total. The second kappa shape index (κ2) is 13.1. The van der Waals surface area contributed by atoms with E-state index >= 15 is 0 Å². The molecular formula is C30H38F2NO7P. The van der Waals surface area contributed by atoms with Crippen molar-refractivity contribution < 1.29 is 41.2 Å². The maximum Gasteiger partial charge on any atom is 0.475 e. The zero-order valence-corrected chi connectivity index (χ0v) is 24.6. The monoisotopic (exact) mass is 593 g/mol. The van der Waals surface area contributed by atoms with Crippen LogP contribution in [0.4, 0.5) is 13.6 Å². The molecule has 2 aromatic rings. The van der Waals surface area contributed by atoms with Gasteiger partial charge in [0.1, 0.15) is 11.4 Å². The molecule has 11 heteroatoms. The number of benzene rings is 2. The van der Waals surface area contributed by atoms with Gasteiger partial charge in [-0.15, -0.1) is 0 Å². The number of carbonyl (C=O) groups is 2. The Bertz CT molecular complexity index is 1170. The predicted molar refractivity (Wildman–Crippen MR) is 148 cm³/mol. The van der Waals surface area contributed by atoms with Crippen molar-refractivity contribution >= 4 is 19.7 Å². The third-order valence-corrected chi connectivity index (χ3v) is 8.52. The lowest BCUT2D eigenvalue weighted by Crippen LogP contribution is -2.36. The van der Waals surface area contributed by atoms with Crippen molar-refractivity contribution in [2.75, 3.05) is 19.7 Å². The highest BCUT2D eigenvalue weighted by molar-refractivity contribution is 7.48. The van der Waals surface area contributed by atoms with Crippen LogP contribution in [0.25, 0.3) is 0 Å². The number of phosphoric ester groups is 1. The summed E-state index contributed by atoms with van der Waals surface area (Å²) < 4.78 is 65.1. The van der Waals surface area contributed by atoms with Crippen LogP contribution in [0.5, 0.6) is 0 Å². The molecule has 0 bridgehead atoms. The van der Waals surface area contributed by atoms with Crippen LogP contribution in [-0.4, -0.2) is 48.0 Å². The van der Waals surface area contributed by atoms with E-state index in [1.165, 1.54) is 4.90 Å². The zero-order chi connectivity index (χ0) is 29.7. The first-order valence-corrected chi connectivity index (χ1v) is 15.3. The molecule has 1 saturated carbocycles. The molecule has 1 aliphatic carbocycles. The van der Waals surface area contributed by atoms with Crippen molar-refractivity contribution in [3.05, 3.63) is 71.8 Å². The maximum absolute atomic E-state index is 14.6. The van der Waals surface area contributed by atoms with Crippen LogP contribution in [0.1, 0.15) is 51.2 Å². The van der Waals surface area contributed by atoms with Gasteiger partial charge in [0.15, 0.2) is 0 Å². The lowest BCUT2D eigenvalue weighted by Gasteiger charge is -2.25. The number of rotatable bonds is 11. The first kappa shape index (κ1) is 31.3. The van der Waals surface area contributed by atoms with Crippen LogP contribution in [0.15, 0.2) is 60.7 Å². The zero-order valence-electron chi connectivity index (χ0n) is 23.7. The van der Waals surface area contributed by atoms with Gasteiger partial charge in [-0.1, -0.05) is 60.7 Å². The second-order valence-electron chi connectivity index (χ2n) is 11.7. The molecule has 0 radical (unpaired) electrons. The van der Waals surface area contributed by atoms with Crippen LogP contribution in [-0.2, 0) is 40.9 Å². The fourth-order valence-corrected chi connectivity index (χ4v) is 6.36. The Labute approximate surface area is 239 Å². The number of ketones is 1. The normalized spacial score (nSPS) is 22.6. The summed E-state index contributed by atoms with van der Waals surface area (Å²) >= 11 is 0. The van der Waals surface area contributed by atoms with Gasteiger partial charge in [-0.2, -0.15) is 0 Å². The van der Waals surface area contributed by atoms with Gasteiger partial charge in [-0.3, -0.25) is 18.4 Å². The standard InChI is InChI=1S/C30H38F2NO7P/c1-29(2,3)40-28(35)33-15-14-24(18-33)27(34)26-17-30(31,32)16-25(26)21-39-41(36,37-19-22-10-6-4-7-11-22)38-20-23-12-8-5-9-13-23/h4-13,24-26H,14-21H2,1-3H3/t24?,25-,26?/m1/s1. The van der Waals surface area contributed by atoms with Gasteiger partial charge in [0.05, 0.1) is 19.8 Å². The molecule has 2 unspecified atom stereocenters. The summed E-state index contributed by atoms with van der Waals surface area (Å²) in [5, 5.41) is 0. The molecule has 3 atom stereocenters. The van der Waals surface area contributed by atoms with E-state index in [9.17, 15) is 22.9 Å². The predicted octanol–water partition coefficient (Wildman–Crippen LogP) is 7.03. The molecule has 8 nitrogen and oxygen atoms in total. The Morgan fingerprint density at radius 1 is 0.927 bits per heavy atom. The SMILES string of the molecule is CC(C)(C)OC(=O)N1CCC(C(=O)C2CC(F)(F)C[C@@H]2COP(=O)(OCc2ccccc2)OCc2ccccc2)C1. The number of phosphoric acid groups is 1. The molecule has 2 aliphatic rings. The molecule has 224 valence electrons. The Morgan fingerprint density at radius 2 is 1.49 bits per heavy atom. The Kier molecular flexibility index (Phi) is 10.0. The number of ether oxygens (including phenoxy) is 1. The number of Topliss-reactive ketones (excluding diaryl/α,β-unsaturated/α-hetero) is 1. The lowest BCUT2D eigenvalue weighted by atomic mass is 9.85. The molecule has 1 aliphatic heterocycles. The fraction of sp³-hybridized carbons (Fsp3) is 0.533. The fourth-order valence-electron chi connectivity index (χ4n) is 5.15. The van der Waals surface area contributed by atoms with Crippen molar-refractivity contribution in [2.45, 2.75) is 64.8 Å². The summed E-state index contributed by atoms with van der Waals surface area (Å²) in [6, 6.07) is 18.0. The van der Waals surface area contributed by atoms with Gasteiger partial charge in [0.2, 0.25) is 5.92 Å². The minimum absolute atomic E-state index is 0.0708. The van der Waals surface area contributed by atoms with Crippen LogP contribution >= 0.6 is 7.82 Å². The molecule has 0 aromatic heterocycles. The van der Waals surface area contributed by atoms with E-state index in [2.05, 4.69) is 0 Å². The van der Waals surface area contributed by atoms with Gasteiger partial charge in [-0.25, -0.2) is 18.1 Å². The number of carbonyl (C=O) groups excluding carboxylic acids is 2. The van der Waals surface area contributed by atoms with Crippen molar-refractivity contribution in [2.24, 2.45) is 17.8 Å². The van der Waals surface area contributed by atoms with Gasteiger partial charge in [-0.05, 0) is 44.2 Å². The van der Waals surface area contributed by atoms with Crippen molar-refractivity contribution in [1.29, 1.82) is 0 Å². The number of hydrogen-bond acceptors (Lipinski definition) is 7. The largest absolute Gasteiger partial charge is 0.475 e. The number of nitrogens with zero attached hydrogens (tertiary/aromatic N) is 1. The van der Waals surface area contributed by atoms with Gasteiger partial charge >= 0.3 is 13.9 Å². The highest BCUT2D eigenvalue weighted by atomic mass is 31.2. The highest BCUT2D eigenvalue weighted by Crippen LogP contribution is 2.53. The molecule has 1 amide bonds. The van der Waals surface area contributed by atoms with Crippen LogP contribution in [0, 0.1) is 17.8 Å².